The molecule has 1 spiro atoms. The summed E-state index contributed by atoms with van der Waals surface area (Å²) in [7, 11) is 0. The Bertz CT molecular complexity index is 1150. The Hall–Kier alpha value is -2.10. The first-order valence-electron chi connectivity index (χ1n) is 13.3. The Balaban J connectivity index is 1.38. The van der Waals surface area contributed by atoms with Crippen molar-refractivity contribution in [2.24, 2.45) is 39.9 Å². The average molecular weight is 461 g/mol. The SMILES string of the molecule is C=C1C(=O)O[C@@H]2CC(C)=C3[C@H]4C=C(C)[C@]3(C[C@H]12)C[C@]41C(=O)O[C@@H]2C[C@@]3(C)CCC[C@H](C)C3=C[C@@H]21. The smallest absolute Gasteiger partial charge is 0.334 e. The summed E-state index contributed by atoms with van der Waals surface area (Å²) in [6, 6.07) is 0. The first kappa shape index (κ1) is 21.2. The molecule has 0 amide bonds. The van der Waals surface area contributed by atoms with Crippen molar-refractivity contribution in [2.45, 2.75) is 84.8 Å². The lowest BCUT2D eigenvalue weighted by atomic mass is 9.55. The zero-order chi connectivity index (χ0) is 23.8. The number of carbonyl (C=O) groups excluding carboxylic acids is 2. The minimum Gasteiger partial charge on any atom is -0.461 e. The number of carbonyl (C=O) groups is 2. The minimum atomic E-state index is -0.510. The molecule has 7 rings (SSSR count). The van der Waals surface area contributed by atoms with Crippen molar-refractivity contribution >= 4 is 11.9 Å². The summed E-state index contributed by atoms with van der Waals surface area (Å²) in [5.41, 5.74) is 5.76. The minimum absolute atomic E-state index is 0.0136. The fourth-order valence-corrected chi connectivity index (χ4v) is 9.82. The highest BCUT2D eigenvalue weighted by molar-refractivity contribution is 5.91. The molecule has 0 aromatic heterocycles. The molecule has 2 bridgehead atoms. The van der Waals surface area contributed by atoms with Crippen LogP contribution in [0.15, 0.2) is 46.6 Å². The molecule has 9 atom stereocenters. The Kier molecular flexibility index (Phi) is 3.97. The molecule has 0 N–H and O–H groups in total. The Morgan fingerprint density at radius 1 is 1.09 bits per heavy atom. The van der Waals surface area contributed by atoms with Gasteiger partial charge in [0.05, 0.1) is 5.41 Å². The number of hydrogen-bond donors (Lipinski definition) is 0. The molecule has 7 aliphatic rings. The zero-order valence-electron chi connectivity index (χ0n) is 20.9. The Morgan fingerprint density at radius 3 is 2.68 bits per heavy atom. The van der Waals surface area contributed by atoms with Gasteiger partial charge < -0.3 is 9.47 Å². The lowest BCUT2D eigenvalue weighted by Gasteiger charge is -2.47. The van der Waals surface area contributed by atoms with Gasteiger partial charge >= 0.3 is 11.9 Å². The van der Waals surface area contributed by atoms with E-state index in [2.05, 4.69) is 46.4 Å². The molecule has 2 saturated carbocycles. The van der Waals surface area contributed by atoms with Gasteiger partial charge in [-0.05, 0) is 57.3 Å². The molecular weight excluding hydrogens is 424 g/mol. The maximum Gasteiger partial charge on any atom is 0.334 e. The predicted molar refractivity (Wildman–Crippen MR) is 128 cm³/mol. The van der Waals surface area contributed by atoms with Gasteiger partial charge in [0.1, 0.15) is 12.2 Å². The van der Waals surface area contributed by atoms with Gasteiger partial charge in [0, 0.05) is 35.2 Å². The first-order valence-corrected chi connectivity index (χ1v) is 13.3. The van der Waals surface area contributed by atoms with Gasteiger partial charge in [0.25, 0.3) is 0 Å². The maximum absolute atomic E-state index is 13.9. The second kappa shape index (κ2) is 6.36. The van der Waals surface area contributed by atoms with Crippen LogP contribution in [-0.2, 0) is 19.1 Å². The first-order chi connectivity index (χ1) is 16.1. The van der Waals surface area contributed by atoms with Gasteiger partial charge in [0.15, 0.2) is 0 Å². The monoisotopic (exact) mass is 460 g/mol. The van der Waals surface area contributed by atoms with Crippen molar-refractivity contribution < 1.29 is 19.1 Å². The van der Waals surface area contributed by atoms with Crippen LogP contribution >= 0.6 is 0 Å². The van der Waals surface area contributed by atoms with Crippen LogP contribution in [0.4, 0.5) is 0 Å². The van der Waals surface area contributed by atoms with E-state index in [9.17, 15) is 9.59 Å². The molecule has 2 aliphatic heterocycles. The standard InChI is InChI=1S/C30H36O4/c1-15-7-6-8-28(5)13-24-21(11-20(15)28)30(27(32)34-24)14-29-12-19-18(4)26(31)33-23(19)9-16(2)25(29)22(30)10-17(29)3/h10-11,15,19,21-24H,4,6-9,12-14H2,1-3,5H3/t15-,19+,21-,22+,23+,24+,28+,29-,30+/m0/s1. The molecule has 0 aromatic carbocycles. The zero-order valence-corrected chi connectivity index (χ0v) is 20.9. The third-order valence-corrected chi connectivity index (χ3v) is 11.3. The summed E-state index contributed by atoms with van der Waals surface area (Å²) < 4.78 is 12.0. The molecule has 2 saturated heterocycles. The topological polar surface area (TPSA) is 52.6 Å². The fourth-order valence-electron chi connectivity index (χ4n) is 9.82. The summed E-state index contributed by atoms with van der Waals surface area (Å²) in [6.45, 7) is 13.3. The van der Waals surface area contributed by atoms with Gasteiger partial charge in [-0.1, -0.05) is 61.3 Å². The van der Waals surface area contributed by atoms with Crippen molar-refractivity contribution in [3.8, 4) is 0 Å². The molecule has 4 nitrogen and oxygen atoms in total. The number of hydrogen-bond acceptors (Lipinski definition) is 4. The third kappa shape index (κ3) is 2.27. The van der Waals surface area contributed by atoms with Gasteiger partial charge in [-0.2, -0.15) is 0 Å². The van der Waals surface area contributed by atoms with Gasteiger partial charge in [-0.25, -0.2) is 4.79 Å². The molecule has 4 fully saturated rings. The Morgan fingerprint density at radius 2 is 1.88 bits per heavy atom. The summed E-state index contributed by atoms with van der Waals surface area (Å²) in [6.07, 6.45) is 11.8. The van der Waals surface area contributed by atoms with Crippen LogP contribution in [0.2, 0.25) is 0 Å². The number of ether oxygens (including phenoxy) is 2. The summed E-state index contributed by atoms with van der Waals surface area (Å²) in [5.74, 6) is 0.621. The maximum atomic E-state index is 13.9. The van der Waals surface area contributed by atoms with Crippen LogP contribution in [0.5, 0.6) is 0 Å². The van der Waals surface area contributed by atoms with Crippen LogP contribution in [0.1, 0.15) is 72.6 Å². The van der Waals surface area contributed by atoms with E-state index in [0.717, 1.165) is 25.7 Å². The number of allylic oxidation sites excluding steroid dienone is 4. The molecule has 4 heteroatoms. The Labute approximate surface area is 202 Å². The molecule has 0 radical (unpaired) electrons. The molecule has 5 aliphatic carbocycles. The molecule has 180 valence electrons. The van der Waals surface area contributed by atoms with Crippen molar-refractivity contribution in [3.63, 3.8) is 0 Å². The molecule has 2 heterocycles. The average Bonchev–Trinajstić information content (AvgIpc) is 3.37. The highest BCUT2D eigenvalue weighted by Gasteiger charge is 2.73. The number of fused-ring (bicyclic) bond motifs is 5. The van der Waals surface area contributed by atoms with Crippen LogP contribution < -0.4 is 0 Å². The second-order valence-electron chi connectivity index (χ2n) is 13.0. The third-order valence-electron chi connectivity index (χ3n) is 11.3. The molecule has 0 unspecified atom stereocenters. The van der Waals surface area contributed by atoms with E-state index in [4.69, 9.17) is 9.47 Å². The van der Waals surface area contributed by atoms with Crippen molar-refractivity contribution in [3.05, 3.63) is 46.6 Å². The lowest BCUT2D eigenvalue weighted by molar-refractivity contribution is -0.150. The van der Waals surface area contributed by atoms with Gasteiger partial charge in [-0.15, -0.1) is 0 Å². The lowest BCUT2D eigenvalue weighted by Crippen LogP contribution is -2.44. The second-order valence-corrected chi connectivity index (χ2v) is 13.0. The predicted octanol–water partition coefficient (Wildman–Crippen LogP) is 5.85. The van der Waals surface area contributed by atoms with E-state index in [1.54, 1.807) is 5.57 Å². The van der Waals surface area contributed by atoms with E-state index >= 15 is 0 Å². The van der Waals surface area contributed by atoms with Crippen LogP contribution in [0.25, 0.3) is 0 Å². The number of rotatable bonds is 0. The molecule has 0 aromatic rings. The largest absolute Gasteiger partial charge is 0.461 e. The van der Waals surface area contributed by atoms with Crippen molar-refractivity contribution in [1.29, 1.82) is 0 Å². The summed E-state index contributed by atoms with van der Waals surface area (Å²) in [4.78, 5) is 26.3. The quantitative estimate of drug-likeness (QED) is 0.259. The molecular formula is C30H36O4. The van der Waals surface area contributed by atoms with Crippen molar-refractivity contribution in [2.75, 3.05) is 0 Å². The molecule has 34 heavy (non-hydrogen) atoms. The van der Waals surface area contributed by atoms with Crippen LogP contribution in [0, 0.1) is 39.9 Å². The van der Waals surface area contributed by atoms with Crippen LogP contribution in [0.3, 0.4) is 0 Å². The van der Waals surface area contributed by atoms with Crippen molar-refractivity contribution in [1.82, 2.24) is 0 Å². The van der Waals surface area contributed by atoms with E-state index in [0.29, 0.717) is 11.5 Å². The summed E-state index contributed by atoms with van der Waals surface area (Å²) >= 11 is 0. The highest BCUT2D eigenvalue weighted by atomic mass is 16.6. The fraction of sp³-hybridized carbons (Fsp3) is 0.667. The van der Waals surface area contributed by atoms with E-state index < -0.39 is 5.41 Å². The summed E-state index contributed by atoms with van der Waals surface area (Å²) in [5, 5.41) is 0. The van der Waals surface area contributed by atoms with E-state index in [-0.39, 0.29) is 52.7 Å². The van der Waals surface area contributed by atoms with Crippen LogP contribution in [-0.4, -0.2) is 24.1 Å². The van der Waals surface area contributed by atoms with E-state index in [1.165, 1.54) is 36.0 Å². The highest BCUT2D eigenvalue weighted by Crippen LogP contribution is 2.75. The number of esters is 2. The van der Waals surface area contributed by atoms with Gasteiger partial charge in [-0.3, -0.25) is 4.79 Å². The normalized spacial score (nSPS) is 50.8. The van der Waals surface area contributed by atoms with E-state index in [1.807, 2.05) is 0 Å². The van der Waals surface area contributed by atoms with Gasteiger partial charge in [0.2, 0.25) is 0 Å².